The number of hydrogen-bond donors (Lipinski definition) is 0. The lowest BCUT2D eigenvalue weighted by atomic mass is 10.1. The molecule has 3 aromatic rings. The van der Waals surface area contributed by atoms with Crippen molar-refractivity contribution in [1.29, 1.82) is 0 Å². The molecule has 2 aromatic carbocycles. The second kappa shape index (κ2) is 9.69. The number of benzene rings is 2. The summed E-state index contributed by atoms with van der Waals surface area (Å²) in [5.74, 6) is 2.32. The van der Waals surface area contributed by atoms with E-state index in [1.165, 1.54) is 0 Å². The maximum atomic E-state index is 13.1. The summed E-state index contributed by atoms with van der Waals surface area (Å²) >= 11 is 0. The van der Waals surface area contributed by atoms with Gasteiger partial charge in [0, 0.05) is 31.7 Å². The number of carbonyl (C=O) groups excluding carboxylic acids is 2. The van der Waals surface area contributed by atoms with E-state index < -0.39 is 6.10 Å². The topological polar surface area (TPSA) is 94.3 Å². The van der Waals surface area contributed by atoms with E-state index in [1.54, 1.807) is 34.1 Å². The molecular weight excluding hydrogens is 450 g/mol. The van der Waals surface area contributed by atoms with Crippen molar-refractivity contribution in [3.8, 4) is 17.2 Å². The molecule has 182 valence electrons. The van der Waals surface area contributed by atoms with Crippen molar-refractivity contribution in [1.82, 2.24) is 15.0 Å². The number of ether oxygens (including phenoxy) is 3. The van der Waals surface area contributed by atoms with Gasteiger partial charge in [-0.15, -0.1) is 0 Å². The highest BCUT2D eigenvalue weighted by Crippen LogP contribution is 2.31. The zero-order valence-corrected chi connectivity index (χ0v) is 19.7. The van der Waals surface area contributed by atoms with E-state index in [0.29, 0.717) is 55.6 Å². The fourth-order valence-electron chi connectivity index (χ4n) is 4.24. The number of nitrogens with zero attached hydrogens (tertiary/aromatic N) is 3. The zero-order chi connectivity index (χ0) is 24.4. The van der Waals surface area contributed by atoms with Crippen molar-refractivity contribution in [2.75, 3.05) is 32.8 Å². The molecule has 1 aromatic heterocycles. The Morgan fingerprint density at radius 3 is 2.49 bits per heavy atom. The molecule has 0 radical (unpaired) electrons. The van der Waals surface area contributed by atoms with Gasteiger partial charge in [0.2, 0.25) is 6.10 Å². The van der Waals surface area contributed by atoms with E-state index in [0.717, 1.165) is 17.0 Å². The fourth-order valence-corrected chi connectivity index (χ4v) is 4.24. The highest BCUT2D eigenvalue weighted by atomic mass is 16.6. The van der Waals surface area contributed by atoms with Crippen LogP contribution in [-0.2, 0) is 11.4 Å². The van der Waals surface area contributed by atoms with Gasteiger partial charge in [-0.05, 0) is 44.2 Å². The number of piperazine rings is 1. The summed E-state index contributed by atoms with van der Waals surface area (Å²) in [7, 11) is 0. The Morgan fingerprint density at radius 1 is 1.00 bits per heavy atom. The molecule has 1 fully saturated rings. The average molecular weight is 478 g/mol. The lowest BCUT2D eigenvalue weighted by molar-refractivity contribution is -0.142. The zero-order valence-electron chi connectivity index (χ0n) is 19.7. The Hall–Kier alpha value is -4.01. The van der Waals surface area contributed by atoms with Gasteiger partial charge in [0.1, 0.15) is 24.7 Å². The third-order valence-electron chi connectivity index (χ3n) is 6.31. The number of aryl methyl sites for hydroxylation is 2. The van der Waals surface area contributed by atoms with Crippen LogP contribution in [0.4, 0.5) is 0 Å². The normalized spacial score (nSPS) is 17.3. The maximum Gasteiger partial charge on any atom is 0.267 e. The highest BCUT2D eigenvalue weighted by Gasteiger charge is 2.33. The summed E-state index contributed by atoms with van der Waals surface area (Å²) in [5, 5.41) is 3.94. The summed E-state index contributed by atoms with van der Waals surface area (Å²) in [6.07, 6.45) is -0.682. The molecular formula is C26H27N3O6. The molecule has 0 aliphatic carbocycles. The van der Waals surface area contributed by atoms with Gasteiger partial charge in [0.15, 0.2) is 11.5 Å². The minimum atomic E-state index is -0.682. The molecule has 1 saturated heterocycles. The van der Waals surface area contributed by atoms with E-state index >= 15 is 0 Å². The van der Waals surface area contributed by atoms with Crippen LogP contribution in [0.1, 0.15) is 27.4 Å². The predicted molar refractivity (Wildman–Crippen MR) is 126 cm³/mol. The number of hydrogen-bond acceptors (Lipinski definition) is 7. The minimum Gasteiger partial charge on any atom is -0.489 e. The molecule has 2 aliphatic heterocycles. The van der Waals surface area contributed by atoms with Crippen LogP contribution in [0.15, 0.2) is 53.1 Å². The quantitative estimate of drug-likeness (QED) is 0.558. The number of rotatable bonds is 5. The minimum absolute atomic E-state index is 0.0916. The first-order valence-electron chi connectivity index (χ1n) is 11.6. The van der Waals surface area contributed by atoms with Crippen LogP contribution >= 0.6 is 0 Å². The highest BCUT2D eigenvalue weighted by molar-refractivity contribution is 5.95. The van der Waals surface area contributed by atoms with E-state index in [-0.39, 0.29) is 18.4 Å². The molecule has 1 atom stereocenters. The molecule has 3 heterocycles. The third kappa shape index (κ3) is 4.80. The SMILES string of the molecule is Cc1noc(C)c1COc1cccc(C(=O)N2CCN(C(=O)C3COc4ccccc4O3)CC2)c1. The van der Waals surface area contributed by atoms with E-state index in [1.807, 2.05) is 38.1 Å². The molecule has 2 amide bonds. The largest absolute Gasteiger partial charge is 0.489 e. The Bertz CT molecular complexity index is 1210. The number of fused-ring (bicyclic) bond motifs is 1. The number of para-hydroxylation sites is 2. The predicted octanol–water partition coefficient (Wildman–Crippen LogP) is 2.99. The van der Waals surface area contributed by atoms with Gasteiger partial charge >= 0.3 is 0 Å². The van der Waals surface area contributed by atoms with Crippen LogP contribution in [0.2, 0.25) is 0 Å². The van der Waals surface area contributed by atoms with Gasteiger partial charge < -0.3 is 28.5 Å². The first kappa shape index (κ1) is 22.8. The Morgan fingerprint density at radius 2 is 1.74 bits per heavy atom. The standard InChI is InChI=1S/C26H27N3O6/c1-17-21(18(2)35-27-17)15-32-20-7-5-6-19(14-20)25(30)28-10-12-29(13-11-28)26(31)24-16-33-22-8-3-4-9-23(22)34-24/h3-9,14,24H,10-13,15-16H2,1-2H3. The van der Waals surface area contributed by atoms with Crippen molar-refractivity contribution in [2.45, 2.75) is 26.6 Å². The molecule has 1 unspecified atom stereocenters. The van der Waals surface area contributed by atoms with Crippen LogP contribution < -0.4 is 14.2 Å². The van der Waals surface area contributed by atoms with Crippen molar-refractivity contribution in [3.63, 3.8) is 0 Å². The van der Waals surface area contributed by atoms with E-state index in [2.05, 4.69) is 5.16 Å². The molecule has 0 saturated carbocycles. The summed E-state index contributed by atoms with van der Waals surface area (Å²) in [6, 6.07) is 14.4. The lowest BCUT2D eigenvalue weighted by Crippen LogP contribution is -2.55. The Balaban J connectivity index is 1.16. The van der Waals surface area contributed by atoms with Crippen LogP contribution in [0.3, 0.4) is 0 Å². The van der Waals surface area contributed by atoms with Crippen LogP contribution in [0, 0.1) is 13.8 Å². The lowest BCUT2D eigenvalue weighted by Gasteiger charge is -2.37. The van der Waals surface area contributed by atoms with Crippen LogP contribution in [-0.4, -0.2) is 65.7 Å². The number of amides is 2. The summed E-state index contributed by atoms with van der Waals surface area (Å²) in [4.78, 5) is 29.6. The van der Waals surface area contributed by atoms with Crippen molar-refractivity contribution < 1.29 is 28.3 Å². The summed E-state index contributed by atoms with van der Waals surface area (Å²) < 4.78 is 22.6. The molecule has 2 aliphatic rings. The van der Waals surface area contributed by atoms with Gasteiger partial charge in [-0.25, -0.2) is 0 Å². The second-order valence-electron chi connectivity index (χ2n) is 8.60. The summed E-state index contributed by atoms with van der Waals surface area (Å²) in [5.41, 5.74) is 2.23. The van der Waals surface area contributed by atoms with Crippen molar-refractivity contribution in [2.24, 2.45) is 0 Å². The van der Waals surface area contributed by atoms with Crippen LogP contribution in [0.25, 0.3) is 0 Å². The first-order valence-corrected chi connectivity index (χ1v) is 11.6. The Kier molecular flexibility index (Phi) is 6.31. The number of aromatic nitrogens is 1. The van der Waals surface area contributed by atoms with Gasteiger partial charge in [0.05, 0.1) is 11.3 Å². The van der Waals surface area contributed by atoms with Gasteiger partial charge in [0.25, 0.3) is 11.8 Å². The van der Waals surface area contributed by atoms with E-state index in [4.69, 9.17) is 18.7 Å². The van der Waals surface area contributed by atoms with Crippen molar-refractivity contribution in [3.05, 3.63) is 71.1 Å². The van der Waals surface area contributed by atoms with Gasteiger partial charge in [-0.2, -0.15) is 0 Å². The number of carbonyl (C=O) groups is 2. The fraction of sp³-hybridized carbons (Fsp3) is 0.346. The molecule has 35 heavy (non-hydrogen) atoms. The van der Waals surface area contributed by atoms with Gasteiger partial charge in [-0.1, -0.05) is 23.4 Å². The molecule has 9 heteroatoms. The smallest absolute Gasteiger partial charge is 0.267 e. The average Bonchev–Trinajstić information content (AvgIpc) is 3.23. The monoisotopic (exact) mass is 477 g/mol. The van der Waals surface area contributed by atoms with E-state index in [9.17, 15) is 9.59 Å². The third-order valence-corrected chi connectivity index (χ3v) is 6.31. The Labute approximate surface area is 203 Å². The molecule has 5 rings (SSSR count). The summed E-state index contributed by atoms with van der Waals surface area (Å²) in [6.45, 7) is 5.97. The van der Waals surface area contributed by atoms with Crippen molar-refractivity contribution >= 4 is 11.8 Å². The first-order chi connectivity index (χ1) is 17.0. The second-order valence-corrected chi connectivity index (χ2v) is 8.60. The maximum absolute atomic E-state index is 13.1. The molecule has 0 N–H and O–H groups in total. The molecule has 9 nitrogen and oxygen atoms in total. The van der Waals surface area contributed by atoms with Crippen LogP contribution in [0.5, 0.6) is 17.2 Å². The molecule has 0 spiro atoms. The molecule has 0 bridgehead atoms. The van der Waals surface area contributed by atoms with Gasteiger partial charge in [-0.3, -0.25) is 9.59 Å².